The van der Waals surface area contributed by atoms with E-state index in [1.165, 1.54) is 0 Å². The molecular formula is C10H16N2O4. The van der Waals surface area contributed by atoms with Crippen LogP contribution >= 0.6 is 0 Å². The van der Waals surface area contributed by atoms with E-state index < -0.39 is 12.0 Å². The van der Waals surface area contributed by atoms with E-state index in [0.717, 1.165) is 12.8 Å². The van der Waals surface area contributed by atoms with Crippen molar-refractivity contribution in [3.05, 3.63) is 21.7 Å². The molecule has 1 aromatic heterocycles. The van der Waals surface area contributed by atoms with Crippen molar-refractivity contribution >= 4 is 5.97 Å². The minimum atomic E-state index is -1.12. The molecule has 1 atom stereocenters. The van der Waals surface area contributed by atoms with Crippen molar-refractivity contribution in [2.24, 2.45) is 5.73 Å². The van der Waals surface area contributed by atoms with Gasteiger partial charge in [0.25, 0.3) is 5.56 Å². The molecule has 4 N–H and O–H groups in total. The molecule has 0 radical (unpaired) electrons. The number of aromatic nitrogens is 1. The van der Waals surface area contributed by atoms with Crippen LogP contribution in [0.15, 0.2) is 9.32 Å². The molecule has 0 spiro atoms. The smallest absolute Gasteiger partial charge is 0.320 e. The van der Waals surface area contributed by atoms with Crippen molar-refractivity contribution in [1.29, 1.82) is 0 Å². The second kappa shape index (κ2) is 5.50. The molecule has 0 aromatic carbocycles. The monoisotopic (exact) mass is 228 g/mol. The standard InChI is InChI=1S/C10H16N2O4/c1-2-3-4-8-6(9(13)12-16-8)5-7(11)10(14)15/h7H,2-5,11H2,1H3,(H,12,13)(H,14,15)/t7-/m0/s1. The lowest BCUT2D eigenvalue weighted by molar-refractivity contribution is -0.138. The van der Waals surface area contributed by atoms with Crippen LogP contribution in [-0.4, -0.2) is 22.3 Å². The summed E-state index contributed by atoms with van der Waals surface area (Å²) in [7, 11) is 0. The van der Waals surface area contributed by atoms with Crippen molar-refractivity contribution in [2.45, 2.75) is 38.6 Å². The van der Waals surface area contributed by atoms with Crippen LogP contribution in [-0.2, 0) is 17.6 Å². The van der Waals surface area contributed by atoms with Gasteiger partial charge in [-0.05, 0) is 6.42 Å². The van der Waals surface area contributed by atoms with Gasteiger partial charge in [-0.25, -0.2) is 0 Å². The van der Waals surface area contributed by atoms with Crippen molar-refractivity contribution in [1.82, 2.24) is 5.16 Å². The third kappa shape index (κ3) is 2.96. The maximum atomic E-state index is 11.4. The molecule has 0 unspecified atom stereocenters. The zero-order chi connectivity index (χ0) is 12.1. The Hall–Kier alpha value is -1.56. The molecule has 0 amide bonds. The fraction of sp³-hybridized carbons (Fsp3) is 0.600. The first-order valence-electron chi connectivity index (χ1n) is 5.23. The van der Waals surface area contributed by atoms with Gasteiger partial charge < -0.3 is 15.4 Å². The van der Waals surface area contributed by atoms with E-state index in [0.29, 0.717) is 17.7 Å². The lowest BCUT2D eigenvalue weighted by Gasteiger charge is -2.04. The molecule has 0 aliphatic carbocycles. The van der Waals surface area contributed by atoms with Gasteiger partial charge in [0, 0.05) is 12.8 Å². The number of carboxylic acids is 1. The molecule has 0 fully saturated rings. The van der Waals surface area contributed by atoms with E-state index in [-0.39, 0.29) is 12.0 Å². The lowest BCUT2D eigenvalue weighted by atomic mass is 10.0. The molecule has 16 heavy (non-hydrogen) atoms. The number of nitrogens with one attached hydrogen (secondary N) is 1. The Bertz CT molecular complexity index is 407. The van der Waals surface area contributed by atoms with Gasteiger partial charge >= 0.3 is 5.97 Å². The fourth-order valence-corrected chi connectivity index (χ4v) is 1.41. The number of aliphatic carboxylic acids is 1. The molecule has 0 bridgehead atoms. The summed E-state index contributed by atoms with van der Waals surface area (Å²) in [5.41, 5.74) is 5.34. The number of hydrogen-bond acceptors (Lipinski definition) is 4. The van der Waals surface area contributed by atoms with Crippen molar-refractivity contribution in [3.63, 3.8) is 0 Å². The highest BCUT2D eigenvalue weighted by molar-refractivity contribution is 5.73. The molecule has 6 heteroatoms. The Morgan fingerprint density at radius 1 is 1.62 bits per heavy atom. The van der Waals surface area contributed by atoms with Gasteiger partial charge in [-0.1, -0.05) is 13.3 Å². The molecule has 0 aliphatic heterocycles. The van der Waals surface area contributed by atoms with Crippen LogP contribution in [0.3, 0.4) is 0 Å². The van der Waals surface area contributed by atoms with Gasteiger partial charge in [0.15, 0.2) is 0 Å². The Morgan fingerprint density at radius 2 is 2.31 bits per heavy atom. The topological polar surface area (TPSA) is 109 Å². The highest BCUT2D eigenvalue weighted by Gasteiger charge is 2.19. The second-order valence-electron chi connectivity index (χ2n) is 3.69. The number of carbonyl (C=O) groups is 1. The van der Waals surface area contributed by atoms with Crippen LogP contribution in [0.25, 0.3) is 0 Å². The van der Waals surface area contributed by atoms with E-state index in [9.17, 15) is 9.59 Å². The van der Waals surface area contributed by atoms with Crippen molar-refractivity contribution in [2.75, 3.05) is 0 Å². The lowest BCUT2D eigenvalue weighted by Crippen LogP contribution is -2.34. The summed E-state index contributed by atoms with van der Waals surface area (Å²) >= 11 is 0. The number of hydrogen-bond donors (Lipinski definition) is 3. The second-order valence-corrected chi connectivity index (χ2v) is 3.69. The SMILES string of the molecule is CCCCc1o[nH]c(=O)c1C[C@H](N)C(=O)O. The predicted octanol–water partition coefficient (Wildman–Crippen LogP) is 0.265. The van der Waals surface area contributed by atoms with Crippen LogP contribution in [0.2, 0.25) is 0 Å². The average Bonchev–Trinajstić information content (AvgIpc) is 2.57. The van der Waals surface area contributed by atoms with Gasteiger partial charge in [-0.3, -0.25) is 9.59 Å². The van der Waals surface area contributed by atoms with Crippen LogP contribution in [0.5, 0.6) is 0 Å². The summed E-state index contributed by atoms with van der Waals surface area (Å²) in [6.07, 6.45) is 2.48. The maximum absolute atomic E-state index is 11.4. The number of aryl methyl sites for hydroxylation is 1. The van der Waals surface area contributed by atoms with E-state index in [4.69, 9.17) is 15.4 Å². The van der Waals surface area contributed by atoms with Crippen LogP contribution in [0.1, 0.15) is 31.1 Å². The van der Waals surface area contributed by atoms with Gasteiger partial charge in [-0.15, -0.1) is 0 Å². The third-order valence-corrected chi connectivity index (χ3v) is 2.38. The van der Waals surface area contributed by atoms with Crippen LogP contribution < -0.4 is 11.3 Å². The molecule has 1 aromatic rings. The first kappa shape index (κ1) is 12.5. The van der Waals surface area contributed by atoms with Gasteiger partial charge in [0.05, 0.1) is 5.56 Å². The molecule has 1 rings (SSSR count). The third-order valence-electron chi connectivity index (χ3n) is 2.38. The van der Waals surface area contributed by atoms with Crippen LogP contribution in [0, 0.1) is 0 Å². The summed E-state index contributed by atoms with van der Waals surface area (Å²) in [6.45, 7) is 2.02. The largest absolute Gasteiger partial charge is 0.480 e. The Morgan fingerprint density at radius 3 is 2.88 bits per heavy atom. The minimum Gasteiger partial charge on any atom is -0.480 e. The first-order chi connectivity index (χ1) is 7.56. The van der Waals surface area contributed by atoms with E-state index >= 15 is 0 Å². The van der Waals surface area contributed by atoms with Gasteiger partial charge in [0.2, 0.25) is 0 Å². The maximum Gasteiger partial charge on any atom is 0.320 e. The van der Waals surface area contributed by atoms with Crippen molar-refractivity contribution in [3.8, 4) is 0 Å². The van der Waals surface area contributed by atoms with E-state index in [1.54, 1.807) is 0 Å². The summed E-state index contributed by atoms with van der Waals surface area (Å²) in [5, 5.41) is 10.9. The minimum absolute atomic E-state index is 0.000213. The van der Waals surface area contributed by atoms with Crippen LogP contribution in [0.4, 0.5) is 0 Å². The number of H-pyrrole nitrogens is 1. The van der Waals surface area contributed by atoms with E-state index in [1.807, 2.05) is 6.92 Å². The molecule has 0 saturated carbocycles. The highest BCUT2D eigenvalue weighted by Crippen LogP contribution is 2.09. The quantitative estimate of drug-likeness (QED) is 0.647. The Balaban J connectivity index is 2.81. The highest BCUT2D eigenvalue weighted by atomic mass is 16.5. The Labute approximate surface area is 92.4 Å². The summed E-state index contributed by atoms with van der Waals surface area (Å²) < 4.78 is 4.99. The zero-order valence-electron chi connectivity index (χ0n) is 9.16. The Kier molecular flexibility index (Phi) is 4.30. The van der Waals surface area contributed by atoms with Gasteiger partial charge in [-0.2, -0.15) is 5.16 Å². The number of aromatic amines is 1. The average molecular weight is 228 g/mol. The number of unbranched alkanes of at least 4 members (excludes halogenated alkanes) is 1. The first-order valence-corrected chi connectivity index (χ1v) is 5.23. The molecule has 1 heterocycles. The molecule has 0 saturated heterocycles. The molecule has 6 nitrogen and oxygen atoms in total. The zero-order valence-corrected chi connectivity index (χ0v) is 9.16. The summed E-state index contributed by atoms with van der Waals surface area (Å²) in [6, 6.07) is -1.07. The van der Waals surface area contributed by atoms with Crippen molar-refractivity contribution < 1.29 is 14.4 Å². The summed E-state index contributed by atoms with van der Waals surface area (Å²) in [5.74, 6) is -0.606. The molecule has 90 valence electrons. The predicted molar refractivity (Wildman–Crippen MR) is 57.3 cm³/mol. The number of nitrogens with two attached hydrogens (primary N) is 1. The van der Waals surface area contributed by atoms with E-state index in [2.05, 4.69) is 5.16 Å². The fourth-order valence-electron chi connectivity index (χ4n) is 1.41. The molecular weight excluding hydrogens is 212 g/mol. The normalized spacial score (nSPS) is 12.6. The summed E-state index contributed by atoms with van der Waals surface area (Å²) in [4.78, 5) is 22.0. The molecule has 0 aliphatic rings. The number of carboxylic acid groups (broad SMARTS) is 1. The number of rotatable bonds is 6. The van der Waals surface area contributed by atoms with Gasteiger partial charge in [0.1, 0.15) is 11.8 Å².